The van der Waals surface area contributed by atoms with Gasteiger partial charge in [-0.15, -0.1) is 6.58 Å². The molecule has 1 aromatic rings. The van der Waals surface area contributed by atoms with Crippen molar-refractivity contribution in [3.8, 4) is 0 Å². The molecular formula is C15H19NO. The highest BCUT2D eigenvalue weighted by Gasteiger charge is 2.27. The van der Waals surface area contributed by atoms with Gasteiger partial charge in [-0.2, -0.15) is 0 Å². The summed E-state index contributed by atoms with van der Waals surface area (Å²) in [5, 5.41) is 0. The molecule has 2 rings (SSSR count). The third kappa shape index (κ3) is 2.57. The number of carbonyl (C=O) groups is 1. The van der Waals surface area contributed by atoms with Gasteiger partial charge in [0.15, 0.2) is 0 Å². The number of nitrogens with zero attached hydrogens (tertiary/aromatic N) is 1. The van der Waals surface area contributed by atoms with Gasteiger partial charge < -0.3 is 4.90 Å². The molecule has 90 valence electrons. The number of hydrogen-bond donors (Lipinski definition) is 0. The third-order valence-corrected chi connectivity index (χ3v) is 3.44. The van der Waals surface area contributed by atoms with Crippen molar-refractivity contribution in [2.24, 2.45) is 5.92 Å². The minimum absolute atomic E-state index is 0.246. The van der Waals surface area contributed by atoms with Crippen molar-refractivity contribution < 1.29 is 4.79 Å². The molecule has 1 fully saturated rings. The zero-order chi connectivity index (χ0) is 12.4. The quantitative estimate of drug-likeness (QED) is 0.730. The number of likely N-dealkylation sites (tertiary alicyclic amines) is 1. The molecule has 1 aliphatic rings. The Morgan fingerprint density at radius 1 is 1.47 bits per heavy atom. The van der Waals surface area contributed by atoms with Crippen molar-refractivity contribution in [2.75, 3.05) is 6.54 Å². The third-order valence-electron chi connectivity index (χ3n) is 3.44. The van der Waals surface area contributed by atoms with Gasteiger partial charge in [-0.05, 0) is 25.0 Å². The van der Waals surface area contributed by atoms with Crippen LogP contribution in [0.3, 0.4) is 0 Å². The van der Waals surface area contributed by atoms with E-state index >= 15 is 0 Å². The average Bonchev–Trinajstić information content (AvgIpc) is 2.65. The Morgan fingerprint density at radius 2 is 2.24 bits per heavy atom. The van der Waals surface area contributed by atoms with Crippen molar-refractivity contribution in [1.29, 1.82) is 0 Å². The van der Waals surface area contributed by atoms with Gasteiger partial charge in [0.25, 0.3) is 0 Å². The monoisotopic (exact) mass is 229 g/mol. The highest BCUT2D eigenvalue weighted by Crippen LogP contribution is 2.22. The number of aryl methyl sites for hydroxylation is 2. The van der Waals surface area contributed by atoms with E-state index in [4.69, 9.17) is 0 Å². The van der Waals surface area contributed by atoms with Crippen LogP contribution in [0.25, 0.3) is 0 Å². The zero-order valence-electron chi connectivity index (χ0n) is 10.6. The normalized spacial score (nSPS) is 19.8. The number of carbonyl (C=O) groups excluding carboxylic acids is 1. The molecule has 0 aromatic heterocycles. The van der Waals surface area contributed by atoms with Gasteiger partial charge in [0.2, 0.25) is 5.91 Å². The number of benzene rings is 1. The van der Waals surface area contributed by atoms with E-state index < -0.39 is 0 Å². The molecule has 1 aliphatic heterocycles. The van der Waals surface area contributed by atoms with Gasteiger partial charge in [0, 0.05) is 25.4 Å². The van der Waals surface area contributed by atoms with Crippen LogP contribution >= 0.6 is 0 Å². The van der Waals surface area contributed by atoms with Crippen molar-refractivity contribution in [1.82, 2.24) is 4.90 Å². The first-order valence-corrected chi connectivity index (χ1v) is 6.06. The second-order valence-electron chi connectivity index (χ2n) is 4.90. The number of hydrogen-bond acceptors (Lipinski definition) is 1. The predicted octanol–water partition coefficient (Wildman–Crippen LogP) is 2.84. The molecule has 1 heterocycles. The SMILES string of the molecule is C=CC1CC(=O)N(Cc2cc(C)ccc2C)C1. The maximum atomic E-state index is 11.8. The second-order valence-corrected chi connectivity index (χ2v) is 4.90. The summed E-state index contributed by atoms with van der Waals surface area (Å²) < 4.78 is 0. The summed E-state index contributed by atoms with van der Waals surface area (Å²) in [5.41, 5.74) is 3.76. The summed E-state index contributed by atoms with van der Waals surface area (Å²) in [7, 11) is 0. The van der Waals surface area contributed by atoms with Crippen LogP contribution in [0.4, 0.5) is 0 Å². The number of amides is 1. The van der Waals surface area contributed by atoms with Gasteiger partial charge in [0.05, 0.1) is 0 Å². The Hall–Kier alpha value is -1.57. The van der Waals surface area contributed by atoms with Gasteiger partial charge in [-0.3, -0.25) is 4.79 Å². The molecule has 0 saturated carbocycles. The summed E-state index contributed by atoms with van der Waals surface area (Å²) in [6, 6.07) is 6.40. The predicted molar refractivity (Wildman–Crippen MR) is 69.6 cm³/mol. The highest BCUT2D eigenvalue weighted by molar-refractivity contribution is 5.79. The molecular weight excluding hydrogens is 210 g/mol. The minimum Gasteiger partial charge on any atom is -0.338 e. The lowest BCUT2D eigenvalue weighted by Crippen LogP contribution is -2.24. The fourth-order valence-corrected chi connectivity index (χ4v) is 2.29. The van der Waals surface area contributed by atoms with E-state index in [1.165, 1.54) is 16.7 Å². The molecule has 0 spiro atoms. The molecule has 0 radical (unpaired) electrons. The average molecular weight is 229 g/mol. The maximum absolute atomic E-state index is 11.8. The van der Waals surface area contributed by atoms with Crippen LogP contribution in [-0.2, 0) is 11.3 Å². The molecule has 2 heteroatoms. The number of rotatable bonds is 3. The maximum Gasteiger partial charge on any atom is 0.223 e. The molecule has 1 saturated heterocycles. The van der Waals surface area contributed by atoms with Gasteiger partial charge in [-0.25, -0.2) is 0 Å². The molecule has 17 heavy (non-hydrogen) atoms. The zero-order valence-corrected chi connectivity index (χ0v) is 10.6. The van der Waals surface area contributed by atoms with Crippen LogP contribution in [0.5, 0.6) is 0 Å². The molecule has 2 nitrogen and oxygen atoms in total. The van der Waals surface area contributed by atoms with Gasteiger partial charge in [0.1, 0.15) is 0 Å². The first-order chi connectivity index (χ1) is 8.10. The van der Waals surface area contributed by atoms with Crippen molar-refractivity contribution in [3.05, 3.63) is 47.5 Å². The lowest BCUT2D eigenvalue weighted by molar-refractivity contribution is -0.128. The summed E-state index contributed by atoms with van der Waals surface area (Å²) in [4.78, 5) is 13.8. The minimum atomic E-state index is 0.246. The lowest BCUT2D eigenvalue weighted by atomic mass is 10.1. The summed E-state index contributed by atoms with van der Waals surface area (Å²) in [5.74, 6) is 0.573. The largest absolute Gasteiger partial charge is 0.338 e. The van der Waals surface area contributed by atoms with Crippen LogP contribution < -0.4 is 0 Å². The van der Waals surface area contributed by atoms with E-state index in [-0.39, 0.29) is 5.91 Å². The molecule has 1 atom stereocenters. The van der Waals surface area contributed by atoms with E-state index in [9.17, 15) is 4.79 Å². The van der Waals surface area contributed by atoms with Crippen LogP contribution in [0.15, 0.2) is 30.9 Å². The van der Waals surface area contributed by atoms with Crippen LogP contribution in [0, 0.1) is 19.8 Å². The van der Waals surface area contributed by atoms with Crippen LogP contribution in [0.1, 0.15) is 23.1 Å². The Labute approximate surface area is 103 Å². The van der Waals surface area contributed by atoms with Crippen molar-refractivity contribution in [2.45, 2.75) is 26.8 Å². The Kier molecular flexibility index (Phi) is 3.32. The molecule has 1 unspecified atom stereocenters. The smallest absolute Gasteiger partial charge is 0.223 e. The van der Waals surface area contributed by atoms with E-state index in [1.807, 2.05) is 11.0 Å². The fraction of sp³-hybridized carbons (Fsp3) is 0.400. The van der Waals surface area contributed by atoms with E-state index in [0.29, 0.717) is 12.3 Å². The summed E-state index contributed by atoms with van der Waals surface area (Å²) >= 11 is 0. The Bertz CT molecular complexity index is 450. The van der Waals surface area contributed by atoms with Crippen molar-refractivity contribution in [3.63, 3.8) is 0 Å². The molecule has 0 N–H and O–H groups in total. The summed E-state index contributed by atoms with van der Waals surface area (Å²) in [6.45, 7) is 9.50. The molecule has 1 aromatic carbocycles. The second kappa shape index (κ2) is 4.74. The lowest BCUT2D eigenvalue weighted by Gasteiger charge is -2.18. The molecule has 0 bridgehead atoms. The van der Waals surface area contributed by atoms with Crippen LogP contribution in [-0.4, -0.2) is 17.4 Å². The Balaban J connectivity index is 2.13. The van der Waals surface area contributed by atoms with E-state index in [1.54, 1.807) is 0 Å². The molecule has 0 aliphatic carbocycles. The van der Waals surface area contributed by atoms with E-state index in [2.05, 4.69) is 38.6 Å². The van der Waals surface area contributed by atoms with Crippen LogP contribution in [0.2, 0.25) is 0 Å². The topological polar surface area (TPSA) is 20.3 Å². The fourth-order valence-electron chi connectivity index (χ4n) is 2.29. The highest BCUT2D eigenvalue weighted by atomic mass is 16.2. The first-order valence-electron chi connectivity index (χ1n) is 6.06. The first kappa shape index (κ1) is 11.9. The van der Waals surface area contributed by atoms with Gasteiger partial charge >= 0.3 is 0 Å². The summed E-state index contributed by atoms with van der Waals surface area (Å²) in [6.07, 6.45) is 2.51. The van der Waals surface area contributed by atoms with Gasteiger partial charge in [-0.1, -0.05) is 29.8 Å². The van der Waals surface area contributed by atoms with Crippen molar-refractivity contribution >= 4 is 5.91 Å². The van der Waals surface area contributed by atoms with E-state index in [0.717, 1.165) is 13.1 Å². The standard InChI is InChI=1S/C15H19NO/c1-4-13-8-15(17)16(9-13)10-14-7-11(2)5-6-12(14)3/h4-7,13H,1,8-10H2,2-3H3. The Morgan fingerprint density at radius 3 is 2.88 bits per heavy atom. The molecule has 1 amide bonds.